The number of thioether (sulfide) groups is 1. The Hall–Kier alpha value is -2.87. The number of amides is 2. The van der Waals surface area contributed by atoms with Gasteiger partial charge in [-0.15, -0.1) is 10.2 Å². The van der Waals surface area contributed by atoms with E-state index in [0.29, 0.717) is 13.1 Å². The first-order valence-corrected chi connectivity index (χ1v) is 11.0. The zero-order valence-corrected chi connectivity index (χ0v) is 17.6. The Labute approximate surface area is 179 Å². The number of nitrogens with zero attached hydrogens (tertiary/aromatic N) is 4. The first-order chi connectivity index (χ1) is 14.6. The van der Waals surface area contributed by atoms with Crippen LogP contribution in [-0.4, -0.2) is 38.8 Å². The zero-order valence-electron chi connectivity index (χ0n) is 16.8. The number of carbonyl (C=O) groups is 1. The molecule has 8 heteroatoms. The van der Waals surface area contributed by atoms with E-state index in [1.807, 2.05) is 29.8 Å². The largest absolute Gasteiger partial charge is 0.324 e. The van der Waals surface area contributed by atoms with Crippen molar-refractivity contribution >= 4 is 23.5 Å². The minimum Gasteiger partial charge on any atom is -0.324 e. The molecule has 1 aromatic heterocycles. The Bertz CT molecular complexity index is 1010. The standard InChI is InChI=1S/C22H24FN5OS/c1-27-20(25-26-22(27)30-15-16-8-3-2-4-9-16)17-10-7-13-28(14-17)21(29)24-19-12-6-5-11-18(19)23/h2-6,8-9,11-12,17H,7,10,13-15H2,1H3,(H,24,29)/t17-/m0/s1. The third-order valence-electron chi connectivity index (χ3n) is 5.27. The lowest BCUT2D eigenvalue weighted by molar-refractivity contribution is 0.190. The van der Waals surface area contributed by atoms with Crippen molar-refractivity contribution in [2.45, 2.75) is 29.7 Å². The van der Waals surface area contributed by atoms with Gasteiger partial charge in [0.25, 0.3) is 0 Å². The van der Waals surface area contributed by atoms with Gasteiger partial charge in [-0.05, 0) is 30.5 Å². The Balaban J connectivity index is 1.40. The van der Waals surface area contributed by atoms with Gasteiger partial charge in [0, 0.05) is 31.8 Å². The number of piperidine rings is 1. The fourth-order valence-corrected chi connectivity index (χ4v) is 4.53. The van der Waals surface area contributed by atoms with E-state index in [1.54, 1.807) is 34.9 Å². The summed E-state index contributed by atoms with van der Waals surface area (Å²) < 4.78 is 15.9. The number of halogens is 1. The van der Waals surface area contributed by atoms with Crippen molar-refractivity contribution in [3.05, 3.63) is 71.8 Å². The number of benzene rings is 2. The average molecular weight is 426 g/mol. The molecule has 6 nitrogen and oxygen atoms in total. The summed E-state index contributed by atoms with van der Waals surface area (Å²) in [6, 6.07) is 16.2. The van der Waals surface area contributed by atoms with Crippen LogP contribution in [0.1, 0.15) is 30.1 Å². The highest BCUT2D eigenvalue weighted by molar-refractivity contribution is 7.98. The summed E-state index contributed by atoms with van der Waals surface area (Å²) in [5, 5.41) is 12.3. The smallest absolute Gasteiger partial charge is 0.321 e. The molecule has 3 aromatic rings. The van der Waals surface area contributed by atoms with Crippen molar-refractivity contribution in [1.29, 1.82) is 0 Å². The van der Waals surface area contributed by atoms with E-state index in [-0.39, 0.29) is 17.6 Å². The van der Waals surface area contributed by atoms with Gasteiger partial charge in [-0.3, -0.25) is 0 Å². The maximum Gasteiger partial charge on any atom is 0.321 e. The van der Waals surface area contributed by atoms with Crippen LogP contribution in [0.2, 0.25) is 0 Å². The van der Waals surface area contributed by atoms with Crippen LogP contribution >= 0.6 is 11.8 Å². The van der Waals surface area contributed by atoms with Crippen LogP contribution in [0, 0.1) is 5.82 Å². The number of para-hydroxylation sites is 1. The molecule has 2 aromatic carbocycles. The summed E-state index contributed by atoms with van der Waals surface area (Å²) in [6.45, 7) is 1.18. The van der Waals surface area contributed by atoms with Crippen LogP contribution in [0.5, 0.6) is 0 Å². The average Bonchev–Trinajstić information content (AvgIpc) is 3.15. The summed E-state index contributed by atoms with van der Waals surface area (Å²) in [5.41, 5.74) is 1.43. The van der Waals surface area contributed by atoms with Crippen LogP contribution in [0.4, 0.5) is 14.9 Å². The van der Waals surface area contributed by atoms with E-state index in [1.165, 1.54) is 11.6 Å². The summed E-state index contributed by atoms with van der Waals surface area (Å²) in [7, 11) is 1.97. The van der Waals surface area contributed by atoms with Gasteiger partial charge in [0.1, 0.15) is 11.6 Å². The second-order valence-corrected chi connectivity index (χ2v) is 8.31. The van der Waals surface area contributed by atoms with Gasteiger partial charge in [-0.2, -0.15) is 0 Å². The second kappa shape index (κ2) is 9.30. The summed E-state index contributed by atoms with van der Waals surface area (Å²) in [6.07, 6.45) is 1.81. The van der Waals surface area contributed by atoms with Crippen molar-refractivity contribution in [2.24, 2.45) is 7.05 Å². The first-order valence-electron chi connectivity index (χ1n) is 9.98. The predicted molar refractivity (Wildman–Crippen MR) is 116 cm³/mol. The van der Waals surface area contributed by atoms with Crippen molar-refractivity contribution < 1.29 is 9.18 Å². The van der Waals surface area contributed by atoms with Gasteiger partial charge in [-0.1, -0.05) is 54.2 Å². The van der Waals surface area contributed by atoms with Crippen LogP contribution in [-0.2, 0) is 12.8 Å². The molecule has 1 saturated heterocycles. The number of hydrogen-bond acceptors (Lipinski definition) is 4. The highest BCUT2D eigenvalue weighted by atomic mass is 32.2. The predicted octanol–water partition coefficient (Wildman–Crippen LogP) is 4.66. The van der Waals surface area contributed by atoms with E-state index < -0.39 is 5.82 Å². The number of likely N-dealkylation sites (tertiary alicyclic amines) is 1. The fraction of sp³-hybridized carbons (Fsp3) is 0.318. The molecule has 0 radical (unpaired) electrons. The Morgan fingerprint density at radius 1 is 1.17 bits per heavy atom. The molecule has 0 bridgehead atoms. The third kappa shape index (κ3) is 4.64. The van der Waals surface area contributed by atoms with Crippen molar-refractivity contribution in [3.8, 4) is 0 Å². The van der Waals surface area contributed by atoms with Gasteiger partial charge < -0.3 is 14.8 Å². The normalized spacial score (nSPS) is 16.5. The third-order valence-corrected chi connectivity index (χ3v) is 6.36. The van der Waals surface area contributed by atoms with Crippen LogP contribution in [0.15, 0.2) is 59.8 Å². The van der Waals surface area contributed by atoms with Crippen molar-refractivity contribution in [1.82, 2.24) is 19.7 Å². The molecule has 1 N–H and O–H groups in total. The lowest BCUT2D eigenvalue weighted by Gasteiger charge is -2.32. The molecule has 30 heavy (non-hydrogen) atoms. The lowest BCUT2D eigenvalue weighted by Crippen LogP contribution is -2.42. The van der Waals surface area contributed by atoms with E-state index >= 15 is 0 Å². The monoisotopic (exact) mass is 425 g/mol. The van der Waals surface area contributed by atoms with Gasteiger partial charge in [0.15, 0.2) is 5.16 Å². The second-order valence-electron chi connectivity index (χ2n) is 7.37. The maximum atomic E-state index is 13.9. The molecule has 156 valence electrons. The number of rotatable bonds is 5. The van der Waals surface area contributed by atoms with Gasteiger partial charge in [-0.25, -0.2) is 9.18 Å². The van der Waals surface area contributed by atoms with Crippen molar-refractivity contribution in [2.75, 3.05) is 18.4 Å². The Morgan fingerprint density at radius 2 is 1.93 bits per heavy atom. The SMILES string of the molecule is Cn1c(SCc2ccccc2)nnc1[C@H]1CCCN(C(=O)Nc2ccccc2F)C1. The molecular formula is C22H24FN5OS. The molecule has 0 unspecified atom stereocenters. The molecule has 1 atom stereocenters. The van der Waals surface area contributed by atoms with Crippen molar-refractivity contribution in [3.63, 3.8) is 0 Å². The van der Waals surface area contributed by atoms with Gasteiger partial charge >= 0.3 is 6.03 Å². The lowest BCUT2D eigenvalue weighted by atomic mass is 9.97. The number of hydrogen-bond donors (Lipinski definition) is 1. The summed E-state index contributed by atoms with van der Waals surface area (Å²) in [5.74, 6) is 1.38. The molecule has 2 amide bonds. The number of nitrogens with one attached hydrogen (secondary N) is 1. The maximum absolute atomic E-state index is 13.9. The molecule has 1 aliphatic rings. The molecule has 2 heterocycles. The molecule has 0 aliphatic carbocycles. The molecule has 1 fully saturated rings. The van der Waals surface area contributed by atoms with E-state index in [0.717, 1.165) is 29.6 Å². The summed E-state index contributed by atoms with van der Waals surface area (Å²) in [4.78, 5) is 14.4. The Morgan fingerprint density at radius 3 is 2.73 bits per heavy atom. The van der Waals surface area contributed by atoms with E-state index in [2.05, 4.69) is 27.6 Å². The topological polar surface area (TPSA) is 63.1 Å². The molecule has 0 spiro atoms. The Kier molecular flexibility index (Phi) is 6.32. The first kappa shape index (κ1) is 20.4. The minimum absolute atomic E-state index is 0.105. The highest BCUT2D eigenvalue weighted by Gasteiger charge is 2.28. The molecular weight excluding hydrogens is 401 g/mol. The van der Waals surface area contributed by atoms with Crippen LogP contribution in [0.25, 0.3) is 0 Å². The number of urea groups is 1. The van der Waals surface area contributed by atoms with Gasteiger partial charge in [0.2, 0.25) is 0 Å². The van der Waals surface area contributed by atoms with E-state index in [4.69, 9.17) is 0 Å². The number of anilines is 1. The summed E-state index contributed by atoms with van der Waals surface area (Å²) >= 11 is 1.65. The van der Waals surface area contributed by atoms with Crippen LogP contribution in [0.3, 0.4) is 0 Å². The quantitative estimate of drug-likeness (QED) is 0.604. The zero-order chi connectivity index (χ0) is 20.9. The molecule has 1 aliphatic heterocycles. The number of aromatic nitrogens is 3. The van der Waals surface area contributed by atoms with Crippen LogP contribution < -0.4 is 5.32 Å². The fourth-order valence-electron chi connectivity index (χ4n) is 3.66. The molecule has 4 rings (SSSR count). The van der Waals surface area contributed by atoms with E-state index in [9.17, 15) is 9.18 Å². The molecule has 0 saturated carbocycles. The van der Waals surface area contributed by atoms with Gasteiger partial charge in [0.05, 0.1) is 5.69 Å². The number of carbonyl (C=O) groups excluding carboxylic acids is 1. The highest BCUT2D eigenvalue weighted by Crippen LogP contribution is 2.29. The minimum atomic E-state index is -0.437.